The first-order valence-corrected chi connectivity index (χ1v) is 6.08. The first kappa shape index (κ1) is 16.4. The quantitative estimate of drug-likeness (QED) is 0.484. The van der Waals surface area contributed by atoms with E-state index in [-0.39, 0.29) is 12.2 Å². The topological polar surface area (TPSA) is 119 Å². The number of nitro groups is 1. The molecule has 0 amide bonds. The first-order valence-electron chi connectivity index (χ1n) is 6.08. The summed E-state index contributed by atoms with van der Waals surface area (Å²) >= 11 is 0. The van der Waals surface area contributed by atoms with E-state index in [0.717, 1.165) is 6.07 Å². The minimum absolute atomic E-state index is 0.0502. The Morgan fingerprint density at radius 1 is 1.38 bits per heavy atom. The molecule has 0 aromatic heterocycles. The van der Waals surface area contributed by atoms with Gasteiger partial charge in [-0.05, 0) is 32.9 Å². The summed E-state index contributed by atoms with van der Waals surface area (Å²) in [5.41, 5.74) is -1.76. The molecule has 0 saturated heterocycles. The second-order valence-corrected chi connectivity index (χ2v) is 5.20. The Labute approximate surface area is 120 Å². The number of rotatable bonds is 5. The molecule has 21 heavy (non-hydrogen) atoms. The van der Waals surface area contributed by atoms with Gasteiger partial charge >= 0.3 is 17.6 Å². The summed E-state index contributed by atoms with van der Waals surface area (Å²) in [6.45, 7) is 4.77. The number of nitro benzene ring substituents is 1. The number of nitrogens with one attached hydrogen (secondary N) is 1. The summed E-state index contributed by atoms with van der Waals surface area (Å²) < 4.78 is 5.05. The van der Waals surface area contributed by atoms with Crippen LogP contribution in [0.1, 0.15) is 31.1 Å². The van der Waals surface area contributed by atoms with E-state index >= 15 is 0 Å². The molecule has 0 atom stereocenters. The third kappa shape index (κ3) is 4.75. The Balaban J connectivity index is 2.94. The molecule has 0 radical (unpaired) electrons. The highest BCUT2D eigenvalue weighted by atomic mass is 16.6. The second-order valence-electron chi connectivity index (χ2n) is 5.20. The average molecular weight is 296 g/mol. The van der Waals surface area contributed by atoms with Gasteiger partial charge in [-0.2, -0.15) is 0 Å². The van der Waals surface area contributed by atoms with Gasteiger partial charge in [0.15, 0.2) is 0 Å². The fourth-order valence-corrected chi connectivity index (χ4v) is 1.60. The Morgan fingerprint density at radius 2 is 2.00 bits per heavy atom. The molecule has 114 valence electrons. The van der Waals surface area contributed by atoms with Crippen LogP contribution >= 0.6 is 0 Å². The molecule has 0 heterocycles. The van der Waals surface area contributed by atoms with Crippen LogP contribution in [0.4, 0.5) is 11.4 Å². The van der Waals surface area contributed by atoms with Crippen molar-refractivity contribution in [1.82, 2.24) is 0 Å². The fourth-order valence-electron chi connectivity index (χ4n) is 1.60. The molecule has 0 spiro atoms. The number of esters is 1. The van der Waals surface area contributed by atoms with Gasteiger partial charge in [0.25, 0.3) is 0 Å². The standard InChI is InChI=1S/C13H16N2O6/c1-13(2,3)21-10(16)7-14-9-6-4-5-8(12(17)18)11(9)15(19)20/h4-6,14H,7H2,1-3H3,(H,17,18). The summed E-state index contributed by atoms with van der Waals surface area (Å²) in [6, 6.07) is 3.81. The number of aromatic carboxylic acids is 1. The molecule has 8 heteroatoms. The van der Waals surface area contributed by atoms with Crippen molar-refractivity contribution < 1.29 is 24.4 Å². The molecule has 0 bridgehead atoms. The zero-order valence-electron chi connectivity index (χ0n) is 11.9. The number of carboxylic acids is 1. The van der Waals surface area contributed by atoms with Crippen LogP contribution in [0.25, 0.3) is 0 Å². The molecule has 8 nitrogen and oxygen atoms in total. The van der Waals surface area contributed by atoms with Gasteiger partial charge in [0, 0.05) is 0 Å². The zero-order valence-corrected chi connectivity index (χ0v) is 11.9. The van der Waals surface area contributed by atoms with Crippen molar-refractivity contribution in [3.8, 4) is 0 Å². The summed E-state index contributed by atoms with van der Waals surface area (Å²) in [5.74, 6) is -2.01. The number of carbonyl (C=O) groups is 2. The average Bonchev–Trinajstić information content (AvgIpc) is 2.33. The van der Waals surface area contributed by atoms with Gasteiger partial charge in [-0.3, -0.25) is 14.9 Å². The van der Waals surface area contributed by atoms with Crippen molar-refractivity contribution in [3.05, 3.63) is 33.9 Å². The van der Waals surface area contributed by atoms with Crippen LogP contribution in [0, 0.1) is 10.1 Å². The lowest BCUT2D eigenvalue weighted by Gasteiger charge is -2.19. The maximum Gasteiger partial charge on any atom is 0.342 e. The third-order valence-corrected chi connectivity index (χ3v) is 2.29. The Kier molecular flexibility index (Phi) is 4.85. The van der Waals surface area contributed by atoms with E-state index in [1.165, 1.54) is 12.1 Å². The van der Waals surface area contributed by atoms with E-state index in [4.69, 9.17) is 9.84 Å². The highest BCUT2D eigenvalue weighted by Gasteiger charge is 2.25. The van der Waals surface area contributed by atoms with Gasteiger partial charge in [0.1, 0.15) is 23.4 Å². The van der Waals surface area contributed by atoms with Crippen molar-refractivity contribution in [3.63, 3.8) is 0 Å². The zero-order chi connectivity index (χ0) is 16.2. The molecule has 2 N–H and O–H groups in total. The number of hydrogen-bond donors (Lipinski definition) is 2. The number of carbonyl (C=O) groups excluding carboxylic acids is 1. The maximum atomic E-state index is 11.6. The number of hydrogen-bond acceptors (Lipinski definition) is 6. The second kappa shape index (κ2) is 6.21. The van der Waals surface area contributed by atoms with Crippen LogP contribution < -0.4 is 5.32 Å². The summed E-state index contributed by atoms with van der Waals surface area (Å²) in [6.07, 6.45) is 0. The first-order chi connectivity index (χ1) is 9.61. The van der Waals surface area contributed by atoms with Gasteiger partial charge in [-0.1, -0.05) is 6.07 Å². The smallest absolute Gasteiger partial charge is 0.342 e. The van der Waals surface area contributed by atoms with Crippen molar-refractivity contribution >= 4 is 23.3 Å². The van der Waals surface area contributed by atoms with E-state index in [2.05, 4.69) is 5.32 Å². The van der Waals surface area contributed by atoms with E-state index in [1.807, 2.05) is 0 Å². The summed E-state index contributed by atoms with van der Waals surface area (Å²) in [4.78, 5) is 32.7. The van der Waals surface area contributed by atoms with Gasteiger partial charge in [-0.25, -0.2) is 4.79 Å². The normalized spacial score (nSPS) is 10.8. The number of anilines is 1. The number of para-hydroxylation sites is 1. The Morgan fingerprint density at radius 3 is 2.48 bits per heavy atom. The molecular formula is C13H16N2O6. The van der Waals surface area contributed by atoms with Crippen LogP contribution in [-0.2, 0) is 9.53 Å². The molecule has 1 aromatic rings. The number of carboxylic acid groups (broad SMARTS) is 1. The summed E-state index contributed by atoms with van der Waals surface area (Å²) in [5, 5.41) is 22.5. The molecule has 1 aromatic carbocycles. The molecule has 1 rings (SSSR count). The molecule has 0 saturated carbocycles. The molecule has 0 unspecified atom stereocenters. The SMILES string of the molecule is CC(C)(C)OC(=O)CNc1cccc(C(=O)O)c1[N+](=O)[O-]. The summed E-state index contributed by atoms with van der Waals surface area (Å²) in [7, 11) is 0. The fraction of sp³-hybridized carbons (Fsp3) is 0.385. The van der Waals surface area contributed by atoms with Gasteiger partial charge in [0.2, 0.25) is 0 Å². The highest BCUT2D eigenvalue weighted by molar-refractivity contribution is 5.95. The number of benzene rings is 1. The van der Waals surface area contributed by atoms with Gasteiger partial charge in [0.05, 0.1) is 4.92 Å². The predicted molar refractivity (Wildman–Crippen MR) is 74.4 cm³/mol. The van der Waals surface area contributed by atoms with Crippen molar-refractivity contribution in [2.45, 2.75) is 26.4 Å². The lowest BCUT2D eigenvalue weighted by molar-refractivity contribution is -0.384. The van der Waals surface area contributed by atoms with E-state index < -0.39 is 33.7 Å². The van der Waals surface area contributed by atoms with Crippen LogP contribution in [0.15, 0.2) is 18.2 Å². The Hall–Kier alpha value is -2.64. The van der Waals surface area contributed by atoms with Gasteiger partial charge in [-0.15, -0.1) is 0 Å². The molecule has 0 aliphatic heterocycles. The molecule has 0 fully saturated rings. The Bertz CT molecular complexity index is 577. The van der Waals surface area contributed by atoms with E-state index in [1.54, 1.807) is 20.8 Å². The lowest BCUT2D eigenvalue weighted by Crippen LogP contribution is -2.28. The predicted octanol–water partition coefficient (Wildman–Crippen LogP) is 2.05. The monoisotopic (exact) mass is 296 g/mol. The van der Waals surface area contributed by atoms with Crippen LogP contribution in [0.3, 0.4) is 0 Å². The minimum Gasteiger partial charge on any atom is -0.477 e. The lowest BCUT2D eigenvalue weighted by atomic mass is 10.1. The van der Waals surface area contributed by atoms with Crippen molar-refractivity contribution in [1.29, 1.82) is 0 Å². The van der Waals surface area contributed by atoms with Gasteiger partial charge < -0.3 is 15.2 Å². The number of nitrogens with zero attached hydrogens (tertiary/aromatic N) is 1. The highest BCUT2D eigenvalue weighted by Crippen LogP contribution is 2.28. The molecule has 0 aliphatic rings. The van der Waals surface area contributed by atoms with E-state index in [9.17, 15) is 19.7 Å². The van der Waals surface area contributed by atoms with Crippen molar-refractivity contribution in [2.75, 3.05) is 11.9 Å². The van der Waals surface area contributed by atoms with Crippen LogP contribution in [0.5, 0.6) is 0 Å². The van der Waals surface area contributed by atoms with E-state index in [0.29, 0.717) is 0 Å². The largest absolute Gasteiger partial charge is 0.477 e. The maximum absolute atomic E-state index is 11.6. The molecular weight excluding hydrogens is 280 g/mol. The number of ether oxygens (including phenoxy) is 1. The van der Waals surface area contributed by atoms with Crippen LogP contribution in [-0.4, -0.2) is 34.1 Å². The molecule has 0 aliphatic carbocycles. The third-order valence-electron chi connectivity index (χ3n) is 2.29. The minimum atomic E-state index is -1.41. The van der Waals surface area contributed by atoms with Crippen molar-refractivity contribution in [2.24, 2.45) is 0 Å². The van der Waals surface area contributed by atoms with Crippen LogP contribution in [0.2, 0.25) is 0 Å².